The number of pyridine rings is 1. The second-order valence-electron chi connectivity index (χ2n) is 6.83. The molecule has 1 aliphatic carbocycles. The second kappa shape index (κ2) is 8.46. The van der Waals surface area contributed by atoms with Gasteiger partial charge in [0, 0.05) is 18.0 Å². The lowest BCUT2D eigenvalue weighted by molar-refractivity contribution is -0.141. The van der Waals surface area contributed by atoms with Gasteiger partial charge in [-0.3, -0.25) is 9.78 Å². The predicted octanol–water partition coefficient (Wildman–Crippen LogP) is 4.26. The molecule has 0 saturated heterocycles. The number of primary amides is 1. The quantitative estimate of drug-likeness (QED) is 0.696. The van der Waals surface area contributed by atoms with E-state index in [0.29, 0.717) is 11.3 Å². The minimum absolute atomic E-state index is 0.363. The molecule has 0 unspecified atom stereocenters. The van der Waals surface area contributed by atoms with Crippen molar-refractivity contribution in [1.82, 2.24) is 14.8 Å². The van der Waals surface area contributed by atoms with Crippen molar-refractivity contribution in [3.63, 3.8) is 0 Å². The number of amides is 1. The molecular weight excluding hydrogens is 381 g/mol. The zero-order valence-corrected chi connectivity index (χ0v) is 15.9. The summed E-state index contributed by atoms with van der Waals surface area (Å²) in [6.07, 6.45) is 2.62. The smallest absolute Gasteiger partial charge is 0.366 e. The number of nitrogens with two attached hydrogens (primary N) is 1. The molecule has 152 valence electrons. The van der Waals surface area contributed by atoms with Crippen molar-refractivity contribution >= 4 is 5.91 Å². The largest absolute Gasteiger partial charge is 0.433 e. The first-order valence-corrected chi connectivity index (χ1v) is 9.22. The molecule has 1 aromatic carbocycles. The zero-order valence-electron chi connectivity index (χ0n) is 15.9. The number of nitrogens with zero attached hydrogens (tertiary/aromatic N) is 3. The number of aryl methyl sites for hydroxylation is 3. The van der Waals surface area contributed by atoms with Crippen LogP contribution in [0.2, 0.25) is 0 Å². The van der Waals surface area contributed by atoms with Gasteiger partial charge in [0.05, 0.1) is 11.4 Å². The van der Waals surface area contributed by atoms with Crippen molar-refractivity contribution in [1.29, 1.82) is 0 Å². The Labute approximate surface area is 166 Å². The number of rotatable bonds is 2. The van der Waals surface area contributed by atoms with Crippen molar-refractivity contribution in [2.75, 3.05) is 0 Å². The Morgan fingerprint density at radius 3 is 2.48 bits per heavy atom. The number of aromatic nitrogens is 3. The fraction of sp³-hybridized carbons (Fsp3) is 0.286. The van der Waals surface area contributed by atoms with Crippen LogP contribution in [-0.2, 0) is 19.0 Å². The second-order valence-corrected chi connectivity index (χ2v) is 6.83. The van der Waals surface area contributed by atoms with Gasteiger partial charge in [0.25, 0.3) is 0 Å². The molecule has 2 N–H and O–H groups in total. The van der Waals surface area contributed by atoms with E-state index in [2.05, 4.69) is 10.1 Å². The normalized spacial score (nSPS) is 13.2. The highest BCUT2D eigenvalue weighted by atomic mass is 19.4. The number of carbonyl (C=O) groups is 1. The summed E-state index contributed by atoms with van der Waals surface area (Å²) in [7, 11) is 0. The van der Waals surface area contributed by atoms with E-state index in [1.54, 1.807) is 12.1 Å². The third kappa shape index (κ3) is 5.01. The molecule has 2 aromatic heterocycles. The van der Waals surface area contributed by atoms with Crippen LogP contribution >= 0.6 is 0 Å². The van der Waals surface area contributed by atoms with E-state index in [-0.39, 0.29) is 5.91 Å². The Kier molecular flexibility index (Phi) is 6.00. The molecule has 5 nitrogen and oxygen atoms in total. The molecule has 0 saturated carbocycles. The first kappa shape index (κ1) is 20.6. The lowest BCUT2D eigenvalue weighted by atomic mass is 9.99. The third-order valence-electron chi connectivity index (χ3n) is 4.70. The van der Waals surface area contributed by atoms with Crippen LogP contribution in [-0.4, -0.2) is 20.7 Å². The molecule has 8 heteroatoms. The maximum Gasteiger partial charge on any atom is 0.433 e. The molecule has 1 amide bonds. The highest BCUT2D eigenvalue weighted by Gasteiger charge is 2.32. The summed E-state index contributed by atoms with van der Waals surface area (Å²) in [5.74, 6) is -0.363. The van der Waals surface area contributed by atoms with Crippen molar-refractivity contribution in [2.24, 2.45) is 5.73 Å². The fourth-order valence-corrected chi connectivity index (χ4v) is 3.17. The van der Waals surface area contributed by atoms with Gasteiger partial charge < -0.3 is 5.73 Å². The van der Waals surface area contributed by atoms with Gasteiger partial charge in [-0.2, -0.15) is 18.3 Å². The number of fused-ring (bicyclic) bond motifs is 1. The van der Waals surface area contributed by atoms with Crippen LogP contribution in [0.5, 0.6) is 0 Å². The third-order valence-corrected chi connectivity index (χ3v) is 4.70. The summed E-state index contributed by atoms with van der Waals surface area (Å²) < 4.78 is 39.4. The van der Waals surface area contributed by atoms with Gasteiger partial charge in [-0.1, -0.05) is 18.2 Å². The standard InChI is InChI=1S/C13H12F3N3.C8H9NO/c14-13(15,16)12-7-10(5-6-17-12)19-8-9-3-1-2-4-11(9)18-19;1-6-4-2-3-5-7(6)8(9)10/h5-8H,1-4H2;2-5H,1H3,(H2,9,10). The average Bonchev–Trinajstić information content (AvgIpc) is 3.12. The number of alkyl halides is 3. The molecule has 29 heavy (non-hydrogen) atoms. The first-order chi connectivity index (χ1) is 13.8. The molecule has 2 heterocycles. The monoisotopic (exact) mass is 402 g/mol. The molecule has 4 rings (SSSR count). The van der Waals surface area contributed by atoms with E-state index in [9.17, 15) is 18.0 Å². The van der Waals surface area contributed by atoms with E-state index >= 15 is 0 Å². The number of halogens is 3. The van der Waals surface area contributed by atoms with Crippen molar-refractivity contribution in [3.05, 3.63) is 76.9 Å². The van der Waals surface area contributed by atoms with E-state index in [0.717, 1.165) is 48.6 Å². The zero-order chi connectivity index (χ0) is 21.0. The lowest BCUT2D eigenvalue weighted by Crippen LogP contribution is -2.12. The summed E-state index contributed by atoms with van der Waals surface area (Å²) in [6.45, 7) is 1.86. The maximum absolute atomic E-state index is 12.6. The Hall–Kier alpha value is -3.16. The van der Waals surface area contributed by atoms with Crippen LogP contribution < -0.4 is 5.73 Å². The van der Waals surface area contributed by atoms with E-state index in [1.807, 2.05) is 25.3 Å². The van der Waals surface area contributed by atoms with Gasteiger partial charge in [-0.15, -0.1) is 0 Å². The molecule has 0 aliphatic heterocycles. The van der Waals surface area contributed by atoms with Gasteiger partial charge in [0.15, 0.2) is 0 Å². The molecule has 0 radical (unpaired) electrons. The number of hydrogen-bond acceptors (Lipinski definition) is 3. The predicted molar refractivity (Wildman–Crippen MR) is 103 cm³/mol. The topological polar surface area (TPSA) is 73.8 Å². The molecular formula is C21H21F3N4O. The molecule has 0 atom stereocenters. The van der Waals surface area contributed by atoms with Crippen LogP contribution in [0.1, 0.15) is 45.7 Å². The molecule has 0 bridgehead atoms. The molecule has 1 aliphatic rings. The number of carbonyl (C=O) groups excluding carboxylic acids is 1. The molecule has 3 aromatic rings. The lowest BCUT2D eigenvalue weighted by Gasteiger charge is -2.07. The van der Waals surface area contributed by atoms with Gasteiger partial charge in [-0.05, 0) is 61.9 Å². The van der Waals surface area contributed by atoms with E-state index < -0.39 is 11.9 Å². The molecule has 0 fully saturated rings. The minimum atomic E-state index is -4.43. The van der Waals surface area contributed by atoms with Crippen LogP contribution in [0, 0.1) is 6.92 Å². The summed E-state index contributed by atoms with van der Waals surface area (Å²) in [5.41, 5.74) is 8.24. The van der Waals surface area contributed by atoms with Gasteiger partial charge in [0.2, 0.25) is 5.91 Å². The van der Waals surface area contributed by atoms with Gasteiger partial charge in [-0.25, -0.2) is 4.68 Å². The summed E-state index contributed by atoms with van der Waals surface area (Å²) in [5, 5.41) is 4.37. The number of hydrogen-bond donors (Lipinski definition) is 1. The Balaban J connectivity index is 0.000000204. The summed E-state index contributed by atoms with van der Waals surface area (Å²) in [4.78, 5) is 14.0. The van der Waals surface area contributed by atoms with Crippen LogP contribution in [0.15, 0.2) is 48.8 Å². The van der Waals surface area contributed by atoms with Crippen LogP contribution in [0.25, 0.3) is 5.69 Å². The molecule has 0 spiro atoms. The van der Waals surface area contributed by atoms with Gasteiger partial charge >= 0.3 is 6.18 Å². The maximum atomic E-state index is 12.6. The summed E-state index contributed by atoms with van der Waals surface area (Å²) in [6, 6.07) is 9.82. The Morgan fingerprint density at radius 1 is 1.14 bits per heavy atom. The van der Waals surface area contributed by atoms with Gasteiger partial charge in [0.1, 0.15) is 5.69 Å². The van der Waals surface area contributed by atoms with Crippen LogP contribution in [0.4, 0.5) is 13.2 Å². The van der Waals surface area contributed by atoms with E-state index in [1.165, 1.54) is 16.9 Å². The Morgan fingerprint density at radius 2 is 1.86 bits per heavy atom. The van der Waals surface area contributed by atoms with E-state index in [4.69, 9.17) is 5.73 Å². The number of benzene rings is 1. The van der Waals surface area contributed by atoms with Crippen molar-refractivity contribution in [2.45, 2.75) is 38.8 Å². The van der Waals surface area contributed by atoms with Crippen LogP contribution in [0.3, 0.4) is 0 Å². The highest BCUT2D eigenvalue weighted by Crippen LogP contribution is 2.29. The minimum Gasteiger partial charge on any atom is -0.366 e. The Bertz CT molecular complexity index is 988. The first-order valence-electron chi connectivity index (χ1n) is 9.22. The average molecular weight is 402 g/mol. The fourth-order valence-electron chi connectivity index (χ4n) is 3.17. The van der Waals surface area contributed by atoms with Crippen molar-refractivity contribution in [3.8, 4) is 5.69 Å². The highest BCUT2D eigenvalue weighted by molar-refractivity contribution is 5.94. The van der Waals surface area contributed by atoms with Crippen molar-refractivity contribution < 1.29 is 18.0 Å². The SMILES string of the molecule is Cc1ccccc1C(N)=O.FC(F)(F)c1cc(-n2cc3c(n2)CCCC3)ccn1. The summed E-state index contributed by atoms with van der Waals surface area (Å²) >= 11 is 0.